The highest BCUT2D eigenvalue weighted by molar-refractivity contribution is 7.89. The molecule has 0 fully saturated rings. The summed E-state index contributed by atoms with van der Waals surface area (Å²) in [5, 5.41) is 10.9. The normalized spacial score (nSPS) is 12.6. The van der Waals surface area contributed by atoms with Gasteiger partial charge in [-0.2, -0.15) is 0 Å². The third kappa shape index (κ3) is 3.20. The molecule has 0 bridgehead atoms. The van der Waals surface area contributed by atoms with Crippen molar-refractivity contribution < 1.29 is 8.42 Å². The third-order valence-corrected chi connectivity index (χ3v) is 4.27. The van der Waals surface area contributed by atoms with E-state index in [1.54, 1.807) is 32.9 Å². The molecular formula is C12H17N5O2S. The molecule has 0 unspecified atom stereocenters. The first-order valence-corrected chi connectivity index (χ1v) is 7.55. The Kier molecular flexibility index (Phi) is 3.61. The van der Waals surface area contributed by atoms with Crippen LogP contribution in [-0.2, 0) is 10.0 Å². The summed E-state index contributed by atoms with van der Waals surface area (Å²) in [5.41, 5.74) is 0.986. The molecule has 0 aliphatic carbocycles. The molecule has 0 amide bonds. The predicted molar refractivity (Wildman–Crippen MR) is 74.0 cm³/mol. The van der Waals surface area contributed by atoms with E-state index in [0.717, 1.165) is 11.3 Å². The first-order valence-electron chi connectivity index (χ1n) is 6.07. The summed E-state index contributed by atoms with van der Waals surface area (Å²) >= 11 is 0. The fourth-order valence-electron chi connectivity index (χ4n) is 1.79. The maximum atomic E-state index is 12.2. The van der Waals surface area contributed by atoms with Crippen LogP contribution < -0.4 is 4.72 Å². The first kappa shape index (κ1) is 14.6. The van der Waals surface area contributed by atoms with E-state index in [1.807, 2.05) is 6.92 Å². The Bertz CT molecular complexity index is 702. The molecule has 0 atom stereocenters. The van der Waals surface area contributed by atoms with Crippen LogP contribution in [0, 0.1) is 6.92 Å². The lowest BCUT2D eigenvalue weighted by Gasteiger charge is -2.20. The van der Waals surface area contributed by atoms with Gasteiger partial charge in [-0.25, -0.2) is 17.8 Å². The monoisotopic (exact) mass is 295 g/mol. The van der Waals surface area contributed by atoms with Gasteiger partial charge in [0, 0.05) is 5.54 Å². The van der Waals surface area contributed by atoms with Crippen LogP contribution in [0.4, 0.5) is 0 Å². The number of nitrogens with zero attached hydrogens (tertiary/aromatic N) is 4. The second kappa shape index (κ2) is 4.95. The van der Waals surface area contributed by atoms with E-state index in [2.05, 4.69) is 20.2 Å². The predicted octanol–water partition coefficient (Wildman–Crippen LogP) is 1.05. The van der Waals surface area contributed by atoms with E-state index in [1.165, 1.54) is 17.1 Å². The Hall–Kier alpha value is -1.80. The van der Waals surface area contributed by atoms with Gasteiger partial charge in [-0.05, 0) is 61.9 Å². The summed E-state index contributed by atoms with van der Waals surface area (Å²) in [7, 11) is -3.54. The Morgan fingerprint density at radius 1 is 1.25 bits per heavy atom. The SMILES string of the molecule is Cc1cc(S(=O)(=O)NC(C)(C)C)ccc1-n1cnnn1. The average Bonchev–Trinajstić information content (AvgIpc) is 2.78. The van der Waals surface area contributed by atoms with Gasteiger partial charge >= 0.3 is 0 Å². The summed E-state index contributed by atoms with van der Waals surface area (Å²) in [6.45, 7) is 7.21. The van der Waals surface area contributed by atoms with Gasteiger partial charge in [-0.3, -0.25) is 0 Å². The number of sulfonamides is 1. The minimum atomic E-state index is -3.54. The zero-order valence-electron chi connectivity index (χ0n) is 11.8. The van der Waals surface area contributed by atoms with Gasteiger partial charge in [-0.15, -0.1) is 5.10 Å². The smallest absolute Gasteiger partial charge is 0.207 e. The third-order valence-electron chi connectivity index (χ3n) is 2.51. The summed E-state index contributed by atoms with van der Waals surface area (Å²) in [6.07, 6.45) is 1.46. The van der Waals surface area contributed by atoms with Gasteiger partial charge in [0.25, 0.3) is 0 Å². The van der Waals surface area contributed by atoms with Crippen LogP contribution in [-0.4, -0.2) is 34.2 Å². The van der Waals surface area contributed by atoms with Crippen molar-refractivity contribution in [1.82, 2.24) is 24.9 Å². The number of hydrogen-bond acceptors (Lipinski definition) is 5. The largest absolute Gasteiger partial charge is 0.241 e. The quantitative estimate of drug-likeness (QED) is 0.914. The number of hydrogen-bond donors (Lipinski definition) is 1. The molecule has 1 N–H and O–H groups in total. The highest BCUT2D eigenvalue weighted by Crippen LogP contribution is 2.19. The van der Waals surface area contributed by atoms with Crippen molar-refractivity contribution in [2.24, 2.45) is 0 Å². The molecule has 1 heterocycles. The van der Waals surface area contributed by atoms with Crippen molar-refractivity contribution in [2.45, 2.75) is 38.1 Å². The molecule has 2 rings (SSSR count). The molecule has 20 heavy (non-hydrogen) atoms. The summed E-state index contributed by atoms with van der Waals surface area (Å²) in [5.74, 6) is 0. The van der Waals surface area contributed by atoms with Crippen molar-refractivity contribution in [3.05, 3.63) is 30.1 Å². The van der Waals surface area contributed by atoms with E-state index < -0.39 is 15.6 Å². The molecule has 0 aliphatic heterocycles. The van der Waals surface area contributed by atoms with Gasteiger partial charge in [0.2, 0.25) is 10.0 Å². The van der Waals surface area contributed by atoms with Crippen molar-refractivity contribution in [1.29, 1.82) is 0 Å². The Balaban J connectivity index is 2.39. The number of tetrazole rings is 1. The molecular weight excluding hydrogens is 278 g/mol. The van der Waals surface area contributed by atoms with Gasteiger partial charge in [-0.1, -0.05) is 0 Å². The fraction of sp³-hybridized carbons (Fsp3) is 0.417. The molecule has 0 radical (unpaired) electrons. The molecule has 0 spiro atoms. The number of rotatable bonds is 3. The first-order chi connectivity index (χ1) is 9.19. The second-order valence-corrected chi connectivity index (χ2v) is 7.24. The summed E-state index contributed by atoms with van der Waals surface area (Å²) in [4.78, 5) is 0.224. The summed E-state index contributed by atoms with van der Waals surface area (Å²) < 4.78 is 28.6. The van der Waals surface area contributed by atoms with Crippen LogP contribution in [0.2, 0.25) is 0 Å². The number of nitrogens with one attached hydrogen (secondary N) is 1. The standard InChI is InChI=1S/C12H17N5O2S/c1-9-7-10(20(18,19)14-12(2,3)4)5-6-11(9)17-8-13-15-16-17/h5-8,14H,1-4H3. The Labute approximate surface area is 118 Å². The van der Waals surface area contributed by atoms with Gasteiger partial charge < -0.3 is 0 Å². The van der Waals surface area contributed by atoms with Gasteiger partial charge in [0.05, 0.1) is 10.6 Å². The molecule has 108 valence electrons. The molecule has 0 aliphatic rings. The Morgan fingerprint density at radius 2 is 1.95 bits per heavy atom. The lowest BCUT2D eigenvalue weighted by molar-refractivity contribution is 0.491. The maximum absolute atomic E-state index is 12.2. The van der Waals surface area contributed by atoms with Crippen LogP contribution in [0.25, 0.3) is 5.69 Å². The average molecular weight is 295 g/mol. The molecule has 1 aromatic heterocycles. The molecule has 2 aromatic rings. The van der Waals surface area contributed by atoms with Crippen molar-refractivity contribution in [2.75, 3.05) is 0 Å². The van der Waals surface area contributed by atoms with Crippen LogP contribution >= 0.6 is 0 Å². The topological polar surface area (TPSA) is 89.8 Å². The van der Waals surface area contributed by atoms with Crippen LogP contribution in [0.3, 0.4) is 0 Å². The summed E-state index contributed by atoms with van der Waals surface area (Å²) in [6, 6.07) is 4.83. The zero-order valence-corrected chi connectivity index (χ0v) is 12.6. The van der Waals surface area contributed by atoms with Crippen LogP contribution in [0.5, 0.6) is 0 Å². The van der Waals surface area contributed by atoms with Crippen molar-refractivity contribution in [3.63, 3.8) is 0 Å². The van der Waals surface area contributed by atoms with Crippen molar-refractivity contribution in [3.8, 4) is 5.69 Å². The highest BCUT2D eigenvalue weighted by Gasteiger charge is 2.22. The van der Waals surface area contributed by atoms with E-state index in [9.17, 15) is 8.42 Å². The fourth-order valence-corrected chi connectivity index (χ4v) is 3.29. The van der Waals surface area contributed by atoms with Crippen molar-refractivity contribution >= 4 is 10.0 Å². The Morgan fingerprint density at radius 3 is 2.45 bits per heavy atom. The maximum Gasteiger partial charge on any atom is 0.241 e. The molecule has 1 aromatic carbocycles. The van der Waals surface area contributed by atoms with E-state index in [4.69, 9.17) is 0 Å². The van der Waals surface area contributed by atoms with E-state index >= 15 is 0 Å². The number of aromatic nitrogens is 4. The van der Waals surface area contributed by atoms with Gasteiger partial charge in [0.15, 0.2) is 0 Å². The molecule has 0 saturated heterocycles. The zero-order chi connectivity index (χ0) is 15.0. The minimum absolute atomic E-state index is 0.224. The lowest BCUT2D eigenvalue weighted by atomic mass is 10.1. The van der Waals surface area contributed by atoms with E-state index in [0.29, 0.717) is 0 Å². The van der Waals surface area contributed by atoms with Crippen LogP contribution in [0.15, 0.2) is 29.4 Å². The minimum Gasteiger partial charge on any atom is -0.207 e. The number of benzene rings is 1. The molecule has 7 nitrogen and oxygen atoms in total. The van der Waals surface area contributed by atoms with Gasteiger partial charge in [0.1, 0.15) is 6.33 Å². The molecule has 0 saturated carbocycles. The number of aryl methyl sites for hydroxylation is 1. The lowest BCUT2D eigenvalue weighted by Crippen LogP contribution is -2.40. The van der Waals surface area contributed by atoms with Crippen LogP contribution in [0.1, 0.15) is 26.3 Å². The van der Waals surface area contributed by atoms with E-state index in [-0.39, 0.29) is 4.90 Å². The molecule has 8 heteroatoms. The second-order valence-electron chi connectivity index (χ2n) is 5.56. The highest BCUT2D eigenvalue weighted by atomic mass is 32.2.